The van der Waals surface area contributed by atoms with Crippen molar-refractivity contribution in [1.82, 2.24) is 15.0 Å². The van der Waals surface area contributed by atoms with Crippen molar-refractivity contribution in [3.8, 4) is 0 Å². The number of allylic oxidation sites excluding steroid dienone is 4. The average Bonchev–Trinajstić information content (AvgIpc) is 3.18. The molecule has 0 amide bonds. The van der Waals surface area contributed by atoms with Crippen molar-refractivity contribution in [3.05, 3.63) is 73.0 Å². The van der Waals surface area contributed by atoms with Gasteiger partial charge < -0.3 is 4.98 Å². The van der Waals surface area contributed by atoms with E-state index in [9.17, 15) is 9.59 Å². The summed E-state index contributed by atoms with van der Waals surface area (Å²) in [5.74, 6) is 1.58. The van der Waals surface area contributed by atoms with Crippen LogP contribution in [0.25, 0.3) is 0 Å². The first-order chi connectivity index (χ1) is 12.7. The van der Waals surface area contributed by atoms with Gasteiger partial charge in [-0.1, -0.05) is 24.3 Å². The van der Waals surface area contributed by atoms with E-state index in [4.69, 9.17) is 0 Å². The van der Waals surface area contributed by atoms with Crippen LogP contribution >= 0.6 is 11.3 Å². The molecule has 0 bridgehead atoms. The summed E-state index contributed by atoms with van der Waals surface area (Å²) < 4.78 is 0. The maximum atomic E-state index is 12.4. The van der Waals surface area contributed by atoms with Gasteiger partial charge in [-0.2, -0.15) is 0 Å². The van der Waals surface area contributed by atoms with Crippen LogP contribution in [0.3, 0.4) is 0 Å². The number of hydrogen-bond acceptors (Lipinski definition) is 4. The van der Waals surface area contributed by atoms with Gasteiger partial charge in [0, 0.05) is 29.3 Å². The summed E-state index contributed by atoms with van der Waals surface area (Å²) in [7, 11) is 0. The Labute approximate surface area is 155 Å². The average molecular weight is 369 g/mol. The summed E-state index contributed by atoms with van der Waals surface area (Å²) in [4.78, 5) is 33.9. The van der Waals surface area contributed by atoms with Crippen molar-refractivity contribution in [2.45, 2.75) is 44.4 Å². The van der Waals surface area contributed by atoms with Gasteiger partial charge in [-0.15, -0.1) is 11.3 Å². The number of H-pyrrole nitrogens is 2. The molecule has 2 aromatic heterocycles. The van der Waals surface area contributed by atoms with Crippen molar-refractivity contribution in [2.24, 2.45) is 11.8 Å². The minimum atomic E-state index is -0.407. The van der Waals surface area contributed by atoms with Crippen LogP contribution in [-0.4, -0.2) is 15.0 Å². The molecule has 2 aliphatic rings. The van der Waals surface area contributed by atoms with Crippen molar-refractivity contribution in [3.63, 3.8) is 0 Å². The monoisotopic (exact) mass is 369 g/mol. The van der Waals surface area contributed by atoms with Crippen molar-refractivity contribution < 1.29 is 0 Å². The van der Waals surface area contributed by atoms with Crippen LogP contribution in [0.1, 0.15) is 54.3 Å². The normalized spacial score (nSPS) is 25.5. The Hall–Kier alpha value is -2.21. The van der Waals surface area contributed by atoms with Gasteiger partial charge in [0.25, 0.3) is 5.56 Å². The maximum absolute atomic E-state index is 12.4. The topological polar surface area (TPSA) is 78.6 Å². The summed E-state index contributed by atoms with van der Waals surface area (Å²) >= 11 is 1.54. The van der Waals surface area contributed by atoms with Crippen LogP contribution in [0.15, 0.2) is 45.5 Å². The molecule has 1 atom stereocenters. The second kappa shape index (κ2) is 7.58. The molecular formula is C20H23N3O2S. The SMILES string of the molecule is O=c1[nH]c(=O)c(Cc2nccs2)c([C@H]2CC[C@H](C3C=CC=CC3)CC2)[nH]1. The largest absolute Gasteiger partial charge is 0.325 e. The lowest BCUT2D eigenvalue weighted by molar-refractivity contribution is 0.262. The van der Waals surface area contributed by atoms with E-state index in [1.54, 1.807) is 6.20 Å². The molecule has 1 fully saturated rings. The second-order valence-corrected chi connectivity index (χ2v) is 8.21. The summed E-state index contributed by atoms with van der Waals surface area (Å²) in [6.45, 7) is 0. The molecule has 136 valence electrons. The maximum Gasteiger partial charge on any atom is 0.325 e. The Kier molecular flexibility index (Phi) is 5.02. The van der Waals surface area contributed by atoms with Crippen LogP contribution in [0.2, 0.25) is 0 Å². The number of nitrogens with one attached hydrogen (secondary N) is 2. The fourth-order valence-corrected chi connectivity index (χ4v) is 4.96. The number of aromatic amines is 2. The molecule has 0 saturated heterocycles. The highest BCUT2D eigenvalue weighted by molar-refractivity contribution is 7.09. The van der Waals surface area contributed by atoms with E-state index in [-0.39, 0.29) is 11.5 Å². The lowest BCUT2D eigenvalue weighted by atomic mass is 9.72. The van der Waals surface area contributed by atoms with Crippen molar-refractivity contribution in [1.29, 1.82) is 0 Å². The Balaban J connectivity index is 1.54. The van der Waals surface area contributed by atoms with Crippen LogP contribution in [0.5, 0.6) is 0 Å². The van der Waals surface area contributed by atoms with Crippen LogP contribution in [0, 0.1) is 11.8 Å². The lowest BCUT2D eigenvalue weighted by Crippen LogP contribution is -2.31. The summed E-state index contributed by atoms with van der Waals surface area (Å²) in [5.41, 5.74) is 0.812. The zero-order valence-corrected chi connectivity index (χ0v) is 15.4. The third-order valence-electron chi connectivity index (χ3n) is 5.69. The molecule has 1 unspecified atom stereocenters. The molecule has 0 spiro atoms. The highest BCUT2D eigenvalue weighted by Gasteiger charge is 2.29. The third-order valence-corrected chi connectivity index (χ3v) is 6.46. The van der Waals surface area contributed by atoms with Gasteiger partial charge in [-0.25, -0.2) is 9.78 Å². The summed E-state index contributed by atoms with van der Waals surface area (Å²) in [6, 6.07) is 0. The van der Waals surface area contributed by atoms with Crippen molar-refractivity contribution in [2.75, 3.05) is 0 Å². The van der Waals surface area contributed by atoms with Crippen molar-refractivity contribution >= 4 is 11.3 Å². The zero-order chi connectivity index (χ0) is 17.9. The molecule has 2 heterocycles. The molecule has 26 heavy (non-hydrogen) atoms. The van der Waals surface area contributed by atoms with Gasteiger partial charge in [0.1, 0.15) is 0 Å². The van der Waals surface area contributed by atoms with Gasteiger partial charge in [-0.05, 0) is 49.9 Å². The second-order valence-electron chi connectivity index (χ2n) is 7.23. The molecule has 0 aromatic carbocycles. The molecule has 2 aromatic rings. The number of nitrogens with zero attached hydrogens (tertiary/aromatic N) is 1. The minimum absolute atomic E-state index is 0.249. The molecule has 5 nitrogen and oxygen atoms in total. The van der Waals surface area contributed by atoms with E-state index < -0.39 is 5.69 Å². The smallest absolute Gasteiger partial charge is 0.311 e. The zero-order valence-electron chi connectivity index (χ0n) is 14.6. The van der Waals surface area contributed by atoms with Gasteiger partial charge in [0.05, 0.1) is 5.01 Å². The number of thiazole rings is 1. The first kappa shape index (κ1) is 17.2. The van der Waals surface area contributed by atoms with E-state index in [2.05, 4.69) is 39.3 Å². The first-order valence-corrected chi connectivity index (χ1v) is 10.2. The van der Waals surface area contributed by atoms with E-state index in [0.29, 0.717) is 23.8 Å². The molecule has 1 saturated carbocycles. The molecule has 0 aliphatic heterocycles. The Bertz CT molecular complexity index is 915. The van der Waals surface area contributed by atoms with Crippen LogP contribution in [-0.2, 0) is 6.42 Å². The van der Waals surface area contributed by atoms with E-state index in [1.165, 1.54) is 11.3 Å². The third kappa shape index (κ3) is 3.65. The molecule has 4 rings (SSSR count). The molecule has 6 heteroatoms. The molecule has 0 radical (unpaired) electrons. The number of aromatic nitrogens is 3. The summed E-state index contributed by atoms with van der Waals surface area (Å²) in [5, 5.41) is 2.81. The van der Waals surface area contributed by atoms with Gasteiger partial charge in [0.15, 0.2) is 0 Å². The molecule has 2 aliphatic carbocycles. The van der Waals surface area contributed by atoms with Gasteiger partial charge in [0.2, 0.25) is 0 Å². The van der Waals surface area contributed by atoms with Crippen LogP contribution in [0.4, 0.5) is 0 Å². The fourth-order valence-electron chi connectivity index (χ4n) is 4.33. The lowest BCUT2D eigenvalue weighted by Gasteiger charge is -2.33. The Morgan fingerprint density at radius 3 is 2.65 bits per heavy atom. The predicted octanol–water partition coefficient (Wildman–Crippen LogP) is 3.52. The quantitative estimate of drug-likeness (QED) is 0.865. The molecular weight excluding hydrogens is 346 g/mol. The fraction of sp³-hybridized carbons (Fsp3) is 0.450. The summed E-state index contributed by atoms with van der Waals surface area (Å²) in [6.07, 6.45) is 16.5. The minimum Gasteiger partial charge on any atom is -0.311 e. The van der Waals surface area contributed by atoms with Crippen LogP contribution < -0.4 is 11.2 Å². The van der Waals surface area contributed by atoms with E-state index >= 15 is 0 Å². The number of hydrogen-bond donors (Lipinski definition) is 2. The number of rotatable bonds is 4. The Morgan fingerprint density at radius 1 is 1.12 bits per heavy atom. The van der Waals surface area contributed by atoms with Gasteiger partial charge in [-0.3, -0.25) is 9.78 Å². The standard InChI is InChI=1S/C20H23N3O2S/c24-19-16(12-17-21-10-11-26-17)18(22-20(25)23-19)15-8-6-14(7-9-15)13-4-2-1-3-5-13/h1-4,10-11,13-15H,5-9,12H2,(H2,22,23,24,25)/t13?,14-,15-. The highest BCUT2D eigenvalue weighted by Crippen LogP contribution is 2.40. The first-order valence-electron chi connectivity index (χ1n) is 9.28. The molecule has 2 N–H and O–H groups in total. The Morgan fingerprint density at radius 2 is 1.96 bits per heavy atom. The van der Waals surface area contributed by atoms with Gasteiger partial charge >= 0.3 is 5.69 Å². The van der Waals surface area contributed by atoms with E-state index in [0.717, 1.165) is 42.8 Å². The predicted molar refractivity (Wildman–Crippen MR) is 104 cm³/mol. The van der Waals surface area contributed by atoms with E-state index in [1.807, 2.05) is 5.38 Å². The highest BCUT2D eigenvalue weighted by atomic mass is 32.1.